The average Bonchev–Trinajstić information content (AvgIpc) is 2.90. The molecule has 37 heavy (non-hydrogen) atoms. The van der Waals surface area contributed by atoms with Gasteiger partial charge in [-0.1, -0.05) is 145 Å². The molecule has 1 N–H and O–H groups in total. The Kier molecular flexibility index (Phi) is 18.2. The fourth-order valence-electron chi connectivity index (χ4n) is 3.85. The number of benzene rings is 2. The minimum atomic E-state index is -4.83. The van der Waals surface area contributed by atoms with Crippen LogP contribution in [0.25, 0.3) is 12.2 Å². The van der Waals surface area contributed by atoms with E-state index in [-0.39, 0.29) is 5.56 Å². The molecule has 2 aromatic carbocycles. The molecular formula is C32H46F3NO. The van der Waals surface area contributed by atoms with Gasteiger partial charge in [-0.2, -0.15) is 13.2 Å². The lowest BCUT2D eigenvalue weighted by molar-refractivity contribution is -0.0885. The van der Waals surface area contributed by atoms with Crippen molar-refractivity contribution in [1.29, 1.82) is 0 Å². The predicted octanol–water partition coefficient (Wildman–Crippen LogP) is 9.90. The Hall–Kier alpha value is -2.40. The van der Waals surface area contributed by atoms with E-state index in [1.165, 1.54) is 114 Å². The fourth-order valence-corrected chi connectivity index (χ4v) is 3.85. The Bertz CT molecular complexity index is 831. The van der Waals surface area contributed by atoms with Gasteiger partial charge in [-0.25, -0.2) is 0 Å². The molecule has 0 spiro atoms. The van der Waals surface area contributed by atoms with Gasteiger partial charge >= 0.3 is 6.18 Å². The van der Waals surface area contributed by atoms with Crippen molar-refractivity contribution in [2.24, 2.45) is 0 Å². The fraction of sp³-hybridized carbons (Fsp3) is 0.531. The molecule has 0 aliphatic rings. The van der Waals surface area contributed by atoms with Gasteiger partial charge in [0, 0.05) is 5.56 Å². The second kappa shape index (κ2) is 20.6. The van der Waals surface area contributed by atoms with Crippen LogP contribution < -0.4 is 5.32 Å². The van der Waals surface area contributed by atoms with Crippen LogP contribution in [-0.4, -0.2) is 25.0 Å². The van der Waals surface area contributed by atoms with Crippen molar-refractivity contribution < 1.29 is 18.0 Å². The molecule has 0 bridgehead atoms. The highest BCUT2D eigenvalue weighted by atomic mass is 19.4. The van der Waals surface area contributed by atoms with Gasteiger partial charge < -0.3 is 5.32 Å². The van der Waals surface area contributed by atoms with E-state index >= 15 is 0 Å². The normalized spacial score (nSPS) is 11.4. The van der Waals surface area contributed by atoms with Crippen molar-refractivity contribution >= 4 is 17.9 Å². The van der Waals surface area contributed by atoms with E-state index in [1.54, 1.807) is 6.08 Å². The third-order valence-electron chi connectivity index (χ3n) is 6.11. The van der Waals surface area contributed by atoms with Crippen LogP contribution in [0.1, 0.15) is 112 Å². The van der Waals surface area contributed by atoms with Gasteiger partial charge in [0.1, 0.15) is 0 Å². The van der Waals surface area contributed by atoms with E-state index in [4.69, 9.17) is 0 Å². The van der Waals surface area contributed by atoms with Gasteiger partial charge in [-0.15, -0.1) is 0 Å². The SMILES string of the molecule is CCCCCCCCNCCCCCCCC.O=C(c1ccc(C=Cc2ccccc2)cc1)C(F)(F)F. The Balaban J connectivity index is 0.000000377. The molecule has 0 aromatic heterocycles. The first-order valence-electron chi connectivity index (χ1n) is 14.0. The van der Waals surface area contributed by atoms with Crippen molar-refractivity contribution in [2.75, 3.05) is 13.1 Å². The first kappa shape index (κ1) is 32.6. The number of hydrogen-bond acceptors (Lipinski definition) is 2. The Labute approximate surface area is 222 Å². The summed E-state index contributed by atoms with van der Waals surface area (Å²) in [6.07, 6.45) is 15.7. The van der Waals surface area contributed by atoms with Crippen LogP contribution in [0.4, 0.5) is 13.2 Å². The molecule has 0 aliphatic heterocycles. The van der Waals surface area contributed by atoms with Crippen LogP contribution in [0.3, 0.4) is 0 Å². The second-order valence-corrected chi connectivity index (χ2v) is 9.48. The van der Waals surface area contributed by atoms with E-state index in [2.05, 4.69) is 19.2 Å². The van der Waals surface area contributed by atoms with Crippen LogP contribution in [0.5, 0.6) is 0 Å². The molecule has 5 heteroatoms. The van der Waals surface area contributed by atoms with Crippen molar-refractivity contribution in [3.8, 4) is 0 Å². The topological polar surface area (TPSA) is 29.1 Å². The van der Waals surface area contributed by atoms with Crippen molar-refractivity contribution in [3.05, 3.63) is 71.3 Å². The summed E-state index contributed by atoms with van der Waals surface area (Å²) in [5.74, 6) is -1.82. The quantitative estimate of drug-likeness (QED) is 0.128. The zero-order chi connectivity index (χ0) is 27.2. The van der Waals surface area contributed by atoms with Gasteiger partial charge in [0.15, 0.2) is 0 Å². The highest BCUT2D eigenvalue weighted by Crippen LogP contribution is 2.22. The Morgan fingerprint density at radius 3 is 1.54 bits per heavy atom. The van der Waals surface area contributed by atoms with E-state index in [9.17, 15) is 18.0 Å². The maximum Gasteiger partial charge on any atom is 0.454 e. The number of halogens is 3. The molecule has 0 aliphatic carbocycles. The summed E-state index contributed by atoms with van der Waals surface area (Å²) in [5.41, 5.74) is 1.37. The predicted molar refractivity (Wildman–Crippen MR) is 152 cm³/mol. The molecule has 206 valence electrons. The number of alkyl halides is 3. The van der Waals surface area contributed by atoms with E-state index in [0.29, 0.717) is 0 Å². The highest BCUT2D eigenvalue weighted by molar-refractivity contribution is 6.00. The Morgan fingerprint density at radius 2 is 1.08 bits per heavy atom. The lowest BCUT2D eigenvalue weighted by Gasteiger charge is -2.04. The number of Topliss-reactive ketones (excluding diaryl/α,β-unsaturated/α-hetero) is 1. The van der Waals surface area contributed by atoms with E-state index < -0.39 is 12.0 Å². The maximum absolute atomic E-state index is 12.2. The number of carbonyl (C=O) groups is 1. The van der Waals surface area contributed by atoms with Gasteiger partial charge in [0.05, 0.1) is 0 Å². The minimum absolute atomic E-state index is 0.352. The Morgan fingerprint density at radius 1 is 0.649 bits per heavy atom. The van der Waals surface area contributed by atoms with Crippen molar-refractivity contribution in [1.82, 2.24) is 5.32 Å². The molecule has 0 saturated carbocycles. The summed E-state index contributed by atoms with van der Waals surface area (Å²) in [4.78, 5) is 11.0. The number of carbonyl (C=O) groups excluding carboxylic acids is 1. The third kappa shape index (κ3) is 16.9. The molecule has 0 heterocycles. The monoisotopic (exact) mass is 517 g/mol. The van der Waals surface area contributed by atoms with Gasteiger partial charge in [0.2, 0.25) is 0 Å². The smallest absolute Gasteiger partial charge is 0.317 e. The lowest BCUT2D eigenvalue weighted by atomic mass is 10.1. The molecule has 0 atom stereocenters. The van der Waals surface area contributed by atoms with Crippen LogP contribution >= 0.6 is 0 Å². The first-order chi connectivity index (χ1) is 17.9. The number of hydrogen-bond donors (Lipinski definition) is 1. The standard InChI is InChI=1S/C16H11F3O.C16H35N/c17-16(18,19)15(20)14-10-8-13(9-11-14)7-6-12-4-2-1-3-5-12;1-3-5-7-9-11-13-15-17-16-14-12-10-8-6-4-2/h1-11H;17H,3-16H2,1-2H3. The zero-order valence-corrected chi connectivity index (χ0v) is 22.8. The summed E-state index contributed by atoms with van der Waals surface area (Å²) < 4.78 is 36.7. The zero-order valence-electron chi connectivity index (χ0n) is 22.8. The summed E-state index contributed by atoms with van der Waals surface area (Å²) in [6.45, 7) is 7.03. The van der Waals surface area contributed by atoms with Crippen molar-refractivity contribution in [3.63, 3.8) is 0 Å². The second-order valence-electron chi connectivity index (χ2n) is 9.48. The summed E-state index contributed by atoms with van der Waals surface area (Å²) >= 11 is 0. The highest BCUT2D eigenvalue weighted by Gasteiger charge is 2.39. The average molecular weight is 518 g/mol. The number of ketones is 1. The van der Waals surface area contributed by atoms with Crippen LogP contribution in [0.2, 0.25) is 0 Å². The molecule has 0 fully saturated rings. The molecule has 2 rings (SSSR count). The number of rotatable bonds is 17. The number of unbranched alkanes of at least 4 members (excludes halogenated alkanes) is 10. The van der Waals surface area contributed by atoms with Crippen LogP contribution in [0.15, 0.2) is 54.6 Å². The lowest BCUT2D eigenvalue weighted by Crippen LogP contribution is -2.22. The molecule has 0 radical (unpaired) electrons. The first-order valence-corrected chi connectivity index (χ1v) is 14.0. The molecule has 2 nitrogen and oxygen atoms in total. The summed E-state index contributed by atoms with van der Waals surface area (Å²) in [6, 6.07) is 14.8. The van der Waals surface area contributed by atoms with E-state index in [0.717, 1.165) is 11.1 Å². The van der Waals surface area contributed by atoms with Gasteiger partial charge in [-0.3, -0.25) is 4.79 Å². The third-order valence-corrected chi connectivity index (χ3v) is 6.11. The largest absolute Gasteiger partial charge is 0.454 e. The molecule has 0 saturated heterocycles. The summed E-state index contributed by atoms with van der Waals surface area (Å²) in [7, 11) is 0. The maximum atomic E-state index is 12.2. The van der Waals surface area contributed by atoms with Crippen LogP contribution in [0, 0.1) is 0 Å². The molecular weight excluding hydrogens is 471 g/mol. The molecule has 2 aromatic rings. The minimum Gasteiger partial charge on any atom is -0.317 e. The van der Waals surface area contributed by atoms with Crippen molar-refractivity contribution in [2.45, 2.75) is 97.1 Å². The van der Waals surface area contributed by atoms with Gasteiger partial charge in [-0.05, 0) is 37.1 Å². The summed E-state index contributed by atoms with van der Waals surface area (Å²) in [5, 5.41) is 3.57. The van der Waals surface area contributed by atoms with E-state index in [1.807, 2.05) is 36.4 Å². The van der Waals surface area contributed by atoms with Crippen LogP contribution in [-0.2, 0) is 0 Å². The molecule has 0 amide bonds. The van der Waals surface area contributed by atoms with Gasteiger partial charge in [0.25, 0.3) is 5.78 Å². The number of nitrogens with one attached hydrogen (secondary N) is 1. The molecule has 0 unspecified atom stereocenters.